The van der Waals surface area contributed by atoms with E-state index in [0.29, 0.717) is 11.4 Å². The number of hydrogen-bond acceptors (Lipinski definition) is 3. The lowest BCUT2D eigenvalue weighted by molar-refractivity contribution is -0.122. The number of carbonyl (C=O) groups excluding carboxylic acids is 1. The summed E-state index contributed by atoms with van der Waals surface area (Å²) < 4.78 is 5.70. The molecule has 0 spiro atoms. The number of benzene rings is 3. The molecule has 27 heavy (non-hydrogen) atoms. The molecule has 3 rings (SSSR count). The van der Waals surface area contributed by atoms with Crippen LogP contribution < -0.4 is 10.1 Å². The normalized spacial score (nSPS) is 11.4. The first-order valence-electron chi connectivity index (χ1n) is 8.49. The molecule has 0 fully saturated rings. The van der Waals surface area contributed by atoms with Crippen LogP contribution in [0.1, 0.15) is 17.3 Å². The van der Waals surface area contributed by atoms with Crippen molar-refractivity contribution in [3.8, 4) is 16.9 Å². The van der Waals surface area contributed by atoms with Gasteiger partial charge in [0.2, 0.25) is 0 Å². The summed E-state index contributed by atoms with van der Waals surface area (Å²) in [4.78, 5) is 23.1. The number of rotatable bonds is 6. The van der Waals surface area contributed by atoms with E-state index in [1.807, 2.05) is 54.6 Å². The Labute approximate surface area is 157 Å². The van der Waals surface area contributed by atoms with Crippen molar-refractivity contribution >= 4 is 17.6 Å². The van der Waals surface area contributed by atoms with Crippen LogP contribution >= 0.6 is 0 Å². The number of anilines is 1. The lowest BCUT2D eigenvalue weighted by Crippen LogP contribution is -2.30. The maximum atomic E-state index is 12.3. The van der Waals surface area contributed by atoms with Crippen molar-refractivity contribution in [1.29, 1.82) is 0 Å². The van der Waals surface area contributed by atoms with Gasteiger partial charge in [0.25, 0.3) is 5.91 Å². The highest BCUT2D eigenvalue weighted by molar-refractivity contribution is 5.95. The van der Waals surface area contributed by atoms with Crippen molar-refractivity contribution < 1.29 is 19.4 Å². The van der Waals surface area contributed by atoms with Gasteiger partial charge in [0.15, 0.2) is 6.10 Å². The standard InChI is InChI=1S/C22H19NO4/c1-15(21(24)23-19-11-7-18(8-12-19)22(25)26)27-20-13-9-17(10-14-20)16-5-3-2-4-6-16/h2-15H,1H3,(H,23,24)(H,25,26)/t15-/m1/s1. The van der Waals surface area contributed by atoms with Gasteiger partial charge in [-0.25, -0.2) is 4.79 Å². The summed E-state index contributed by atoms with van der Waals surface area (Å²) in [7, 11) is 0. The minimum absolute atomic E-state index is 0.163. The van der Waals surface area contributed by atoms with Gasteiger partial charge in [-0.1, -0.05) is 42.5 Å². The predicted octanol–water partition coefficient (Wildman–Crippen LogP) is 4.46. The summed E-state index contributed by atoms with van der Waals surface area (Å²) in [6.07, 6.45) is -0.702. The van der Waals surface area contributed by atoms with Crippen LogP contribution in [0, 0.1) is 0 Å². The molecule has 0 aromatic heterocycles. The second-order valence-electron chi connectivity index (χ2n) is 6.02. The predicted molar refractivity (Wildman–Crippen MR) is 104 cm³/mol. The zero-order valence-corrected chi connectivity index (χ0v) is 14.8. The second-order valence-corrected chi connectivity index (χ2v) is 6.02. The third-order valence-corrected chi connectivity index (χ3v) is 4.04. The molecule has 136 valence electrons. The number of carbonyl (C=O) groups is 2. The lowest BCUT2D eigenvalue weighted by Gasteiger charge is -2.15. The van der Waals surface area contributed by atoms with E-state index in [1.165, 1.54) is 12.1 Å². The molecule has 3 aromatic carbocycles. The van der Waals surface area contributed by atoms with Gasteiger partial charge in [-0.2, -0.15) is 0 Å². The molecule has 2 N–H and O–H groups in total. The van der Waals surface area contributed by atoms with Crippen molar-refractivity contribution in [2.24, 2.45) is 0 Å². The highest BCUT2D eigenvalue weighted by Crippen LogP contribution is 2.22. The van der Waals surface area contributed by atoms with Crippen LogP contribution in [0.5, 0.6) is 5.75 Å². The molecule has 0 radical (unpaired) electrons. The molecule has 0 aliphatic heterocycles. The number of amides is 1. The summed E-state index contributed by atoms with van der Waals surface area (Å²) in [5.74, 6) is -0.729. The molecule has 0 bridgehead atoms. The number of carboxylic acid groups (broad SMARTS) is 1. The van der Waals surface area contributed by atoms with E-state index in [4.69, 9.17) is 9.84 Å². The van der Waals surface area contributed by atoms with Gasteiger partial charge in [0.05, 0.1) is 5.56 Å². The van der Waals surface area contributed by atoms with Gasteiger partial charge in [-0.15, -0.1) is 0 Å². The SMILES string of the molecule is C[C@@H](Oc1ccc(-c2ccccc2)cc1)C(=O)Nc1ccc(C(=O)O)cc1. The fourth-order valence-corrected chi connectivity index (χ4v) is 2.55. The van der Waals surface area contributed by atoms with Crippen molar-refractivity contribution in [2.75, 3.05) is 5.32 Å². The van der Waals surface area contributed by atoms with E-state index in [2.05, 4.69) is 5.32 Å². The molecule has 0 heterocycles. The molecule has 0 saturated heterocycles. The molecule has 0 saturated carbocycles. The molecule has 0 unspecified atom stereocenters. The van der Waals surface area contributed by atoms with Gasteiger partial charge in [-0.3, -0.25) is 4.79 Å². The molecule has 0 aliphatic rings. The van der Waals surface area contributed by atoms with Crippen LogP contribution in [0.25, 0.3) is 11.1 Å². The Balaban J connectivity index is 1.60. The van der Waals surface area contributed by atoms with Crippen molar-refractivity contribution in [3.05, 3.63) is 84.4 Å². The molecular weight excluding hydrogens is 342 g/mol. The summed E-state index contributed by atoms with van der Waals surface area (Å²) in [6, 6.07) is 23.5. The number of hydrogen-bond donors (Lipinski definition) is 2. The van der Waals surface area contributed by atoms with Crippen molar-refractivity contribution in [2.45, 2.75) is 13.0 Å². The van der Waals surface area contributed by atoms with E-state index in [1.54, 1.807) is 19.1 Å². The van der Waals surface area contributed by atoms with Gasteiger partial charge in [-0.05, 0) is 54.4 Å². The zero-order valence-electron chi connectivity index (χ0n) is 14.8. The molecule has 0 aliphatic carbocycles. The minimum Gasteiger partial charge on any atom is -0.481 e. The quantitative estimate of drug-likeness (QED) is 0.680. The van der Waals surface area contributed by atoms with Gasteiger partial charge in [0, 0.05) is 5.69 Å². The summed E-state index contributed by atoms with van der Waals surface area (Å²) in [6.45, 7) is 1.66. The average molecular weight is 361 g/mol. The first kappa shape index (κ1) is 18.2. The van der Waals surface area contributed by atoms with Crippen LogP contribution in [-0.2, 0) is 4.79 Å². The van der Waals surface area contributed by atoms with E-state index in [0.717, 1.165) is 11.1 Å². The first-order valence-corrected chi connectivity index (χ1v) is 8.49. The number of aromatic carboxylic acids is 1. The minimum atomic E-state index is -1.01. The van der Waals surface area contributed by atoms with E-state index < -0.39 is 12.1 Å². The van der Waals surface area contributed by atoms with Crippen LogP contribution in [0.3, 0.4) is 0 Å². The summed E-state index contributed by atoms with van der Waals surface area (Å²) >= 11 is 0. The lowest BCUT2D eigenvalue weighted by atomic mass is 10.1. The first-order chi connectivity index (χ1) is 13.0. The smallest absolute Gasteiger partial charge is 0.335 e. The van der Waals surface area contributed by atoms with Crippen LogP contribution in [-0.4, -0.2) is 23.1 Å². The monoisotopic (exact) mass is 361 g/mol. The fourth-order valence-electron chi connectivity index (χ4n) is 2.55. The number of ether oxygens (including phenoxy) is 1. The fraction of sp³-hybridized carbons (Fsp3) is 0.0909. The van der Waals surface area contributed by atoms with Crippen molar-refractivity contribution in [3.63, 3.8) is 0 Å². The Morgan fingerprint density at radius 2 is 1.44 bits per heavy atom. The Kier molecular flexibility index (Phi) is 5.52. The van der Waals surface area contributed by atoms with Crippen LogP contribution in [0.15, 0.2) is 78.9 Å². The Bertz CT molecular complexity index is 919. The summed E-state index contributed by atoms with van der Waals surface area (Å²) in [5.41, 5.74) is 2.86. The van der Waals surface area contributed by atoms with E-state index in [9.17, 15) is 9.59 Å². The number of nitrogens with one attached hydrogen (secondary N) is 1. The van der Waals surface area contributed by atoms with Crippen LogP contribution in [0.2, 0.25) is 0 Å². The molecule has 5 heteroatoms. The highest BCUT2D eigenvalue weighted by atomic mass is 16.5. The Hall–Kier alpha value is -3.60. The van der Waals surface area contributed by atoms with Crippen LogP contribution in [0.4, 0.5) is 5.69 Å². The third kappa shape index (κ3) is 4.73. The topological polar surface area (TPSA) is 75.6 Å². The van der Waals surface area contributed by atoms with Crippen molar-refractivity contribution in [1.82, 2.24) is 0 Å². The van der Waals surface area contributed by atoms with E-state index >= 15 is 0 Å². The zero-order chi connectivity index (χ0) is 19.2. The molecule has 1 amide bonds. The van der Waals surface area contributed by atoms with Gasteiger partial charge >= 0.3 is 5.97 Å². The third-order valence-electron chi connectivity index (χ3n) is 4.04. The number of carboxylic acids is 1. The maximum Gasteiger partial charge on any atom is 0.335 e. The molecule has 5 nitrogen and oxygen atoms in total. The largest absolute Gasteiger partial charge is 0.481 e. The molecular formula is C22H19NO4. The average Bonchev–Trinajstić information content (AvgIpc) is 2.69. The van der Waals surface area contributed by atoms with Gasteiger partial charge < -0.3 is 15.2 Å². The highest BCUT2D eigenvalue weighted by Gasteiger charge is 2.15. The Morgan fingerprint density at radius 3 is 2.04 bits per heavy atom. The molecule has 3 aromatic rings. The molecule has 1 atom stereocenters. The Morgan fingerprint density at radius 1 is 0.852 bits per heavy atom. The maximum absolute atomic E-state index is 12.3. The second kappa shape index (κ2) is 8.19. The van der Waals surface area contributed by atoms with Gasteiger partial charge in [0.1, 0.15) is 5.75 Å². The van der Waals surface area contributed by atoms with E-state index in [-0.39, 0.29) is 11.5 Å². The summed E-state index contributed by atoms with van der Waals surface area (Å²) in [5, 5.41) is 11.6.